The van der Waals surface area contributed by atoms with Crippen LogP contribution in [0, 0.1) is 36.9 Å². The minimum Gasteiger partial charge on any atom is -0.345 e. The summed E-state index contributed by atoms with van der Waals surface area (Å²) < 4.78 is 13.6. The molecule has 1 amide bonds. The number of hydrogen-bond donors (Lipinski definition) is 1. The lowest BCUT2D eigenvalue weighted by Gasteiger charge is -2.38. The van der Waals surface area contributed by atoms with Crippen molar-refractivity contribution in [2.75, 3.05) is 24.5 Å². The number of piperidine rings is 1. The number of nitrogens with zero attached hydrogens (tertiary/aromatic N) is 2. The number of rotatable bonds is 8. The van der Waals surface area contributed by atoms with Gasteiger partial charge in [0.05, 0.1) is 5.71 Å². The van der Waals surface area contributed by atoms with Gasteiger partial charge in [0.1, 0.15) is 5.82 Å². The lowest BCUT2D eigenvalue weighted by Crippen LogP contribution is -2.41. The molecule has 2 aliphatic rings. The summed E-state index contributed by atoms with van der Waals surface area (Å²) in [6.07, 6.45) is 4.39. The molecule has 3 aromatic rings. The molecule has 1 heterocycles. The zero-order chi connectivity index (χ0) is 28.8. The van der Waals surface area contributed by atoms with E-state index in [1.54, 1.807) is 18.2 Å². The van der Waals surface area contributed by atoms with Crippen LogP contribution in [0.1, 0.15) is 72.1 Å². The average Bonchev–Trinajstić information content (AvgIpc) is 3.81. The van der Waals surface area contributed by atoms with Gasteiger partial charge in [-0.25, -0.2) is 4.39 Å². The first-order valence-electron chi connectivity index (χ1n) is 14.6. The highest BCUT2D eigenvalue weighted by Gasteiger charge is 2.31. The Bertz CT molecular complexity index is 1370. The number of halogens is 1. The van der Waals surface area contributed by atoms with Gasteiger partial charge in [-0.3, -0.25) is 10.2 Å². The third-order valence-corrected chi connectivity index (χ3v) is 8.00. The molecule has 0 aromatic heterocycles. The summed E-state index contributed by atoms with van der Waals surface area (Å²) in [5, 5.41) is 8.53. The third kappa shape index (κ3) is 6.70. The van der Waals surface area contributed by atoms with E-state index in [0.29, 0.717) is 35.7 Å². The largest absolute Gasteiger partial charge is 0.345 e. The van der Waals surface area contributed by atoms with E-state index < -0.39 is 0 Å². The number of benzene rings is 3. The Morgan fingerprint density at radius 2 is 1.62 bits per heavy atom. The van der Waals surface area contributed by atoms with Crippen LogP contribution in [-0.4, -0.2) is 36.2 Å². The van der Waals surface area contributed by atoms with Crippen LogP contribution in [0.3, 0.4) is 0 Å². The second-order valence-corrected chi connectivity index (χ2v) is 10.8. The summed E-state index contributed by atoms with van der Waals surface area (Å²) in [7, 11) is 0. The second-order valence-electron chi connectivity index (χ2n) is 10.8. The van der Waals surface area contributed by atoms with E-state index >= 15 is 0 Å². The van der Waals surface area contributed by atoms with Gasteiger partial charge in [0.15, 0.2) is 0 Å². The van der Waals surface area contributed by atoms with E-state index in [2.05, 4.69) is 42.7 Å². The summed E-state index contributed by atoms with van der Waals surface area (Å²) >= 11 is 0. The fourth-order valence-electron chi connectivity index (χ4n) is 5.49. The van der Waals surface area contributed by atoms with Gasteiger partial charge in [-0.2, -0.15) is 0 Å². The molecule has 4 nitrogen and oxygen atoms in total. The van der Waals surface area contributed by atoms with Crippen molar-refractivity contribution in [2.45, 2.75) is 53.4 Å². The van der Waals surface area contributed by atoms with Gasteiger partial charge < -0.3 is 9.80 Å². The number of carbonyl (C=O) groups is 1. The summed E-state index contributed by atoms with van der Waals surface area (Å²) in [6, 6.07) is 20.1. The molecule has 0 spiro atoms. The van der Waals surface area contributed by atoms with Crippen molar-refractivity contribution in [2.24, 2.45) is 11.8 Å². The van der Waals surface area contributed by atoms with Crippen LogP contribution in [0.4, 0.5) is 10.1 Å². The zero-order valence-electron chi connectivity index (χ0n) is 24.3. The zero-order valence-corrected chi connectivity index (χ0v) is 24.3. The molecule has 0 bridgehead atoms. The van der Waals surface area contributed by atoms with Crippen LogP contribution in [-0.2, 0) is 0 Å². The van der Waals surface area contributed by atoms with Gasteiger partial charge in [-0.1, -0.05) is 56.8 Å². The predicted octanol–water partition coefficient (Wildman–Crippen LogP) is 8.17. The molecule has 40 heavy (non-hydrogen) atoms. The highest BCUT2D eigenvalue weighted by atomic mass is 19.1. The lowest BCUT2D eigenvalue weighted by atomic mass is 9.91. The van der Waals surface area contributed by atoms with Gasteiger partial charge in [-0.15, -0.1) is 0 Å². The minimum absolute atomic E-state index is 0.0229. The van der Waals surface area contributed by atoms with E-state index in [9.17, 15) is 9.18 Å². The van der Waals surface area contributed by atoms with E-state index in [1.165, 1.54) is 41.9 Å². The van der Waals surface area contributed by atoms with Crippen LogP contribution in [0.2, 0.25) is 0 Å². The first-order valence-corrected chi connectivity index (χ1v) is 14.6. The Morgan fingerprint density at radius 1 is 0.925 bits per heavy atom. The number of likely N-dealkylation sites (tertiary alicyclic amines) is 1. The lowest BCUT2D eigenvalue weighted by molar-refractivity contribution is 0.0701. The molecule has 1 aliphatic heterocycles. The van der Waals surface area contributed by atoms with Gasteiger partial charge >= 0.3 is 0 Å². The quantitative estimate of drug-likeness (QED) is 0.294. The van der Waals surface area contributed by atoms with Crippen molar-refractivity contribution >= 4 is 17.3 Å². The monoisotopic (exact) mass is 539 g/mol. The highest BCUT2D eigenvalue weighted by molar-refractivity contribution is 6.12. The number of carbonyl (C=O) groups excluding carboxylic acids is 1. The van der Waals surface area contributed by atoms with Gasteiger partial charge in [0.2, 0.25) is 0 Å². The van der Waals surface area contributed by atoms with E-state index in [0.717, 1.165) is 30.9 Å². The third-order valence-electron chi connectivity index (χ3n) is 8.00. The SMILES string of the molecule is C=C(C1CCN(C(=O)c2ccc(C(=N)c3cccc(F)c3)c(C)c2)CC1)N(CC1CC1)c1ccccc1C.CC. The smallest absolute Gasteiger partial charge is 0.253 e. The van der Waals surface area contributed by atoms with Crippen molar-refractivity contribution in [1.29, 1.82) is 5.41 Å². The second kappa shape index (κ2) is 13.1. The van der Waals surface area contributed by atoms with Crippen LogP contribution < -0.4 is 4.90 Å². The van der Waals surface area contributed by atoms with Crippen molar-refractivity contribution in [3.63, 3.8) is 0 Å². The maximum absolute atomic E-state index is 13.6. The Balaban J connectivity index is 0.00000181. The molecular formula is C35H42FN3O. The van der Waals surface area contributed by atoms with E-state index in [1.807, 2.05) is 37.8 Å². The van der Waals surface area contributed by atoms with Gasteiger partial charge in [0.25, 0.3) is 5.91 Å². The predicted molar refractivity (Wildman–Crippen MR) is 164 cm³/mol. The van der Waals surface area contributed by atoms with Gasteiger partial charge in [0, 0.05) is 53.6 Å². The number of nitrogens with one attached hydrogen (secondary N) is 1. The fourth-order valence-corrected chi connectivity index (χ4v) is 5.49. The van der Waals surface area contributed by atoms with Gasteiger partial charge in [-0.05, 0) is 86.9 Å². The number of aryl methyl sites for hydroxylation is 2. The molecule has 0 atom stereocenters. The molecule has 5 rings (SSSR count). The molecule has 0 unspecified atom stereocenters. The number of allylic oxidation sites excluding steroid dienone is 1. The van der Waals surface area contributed by atoms with Crippen molar-refractivity contribution in [1.82, 2.24) is 4.90 Å². The molecule has 1 saturated carbocycles. The molecule has 1 N–H and O–H groups in total. The maximum Gasteiger partial charge on any atom is 0.253 e. The number of amides is 1. The first kappa shape index (κ1) is 29.3. The Morgan fingerprint density at radius 3 is 2.25 bits per heavy atom. The highest BCUT2D eigenvalue weighted by Crippen LogP contribution is 2.37. The summed E-state index contributed by atoms with van der Waals surface area (Å²) in [4.78, 5) is 17.7. The molecule has 1 aliphatic carbocycles. The maximum atomic E-state index is 13.6. The topological polar surface area (TPSA) is 47.4 Å². The molecule has 2 fully saturated rings. The summed E-state index contributed by atoms with van der Waals surface area (Å²) in [5.74, 6) is 0.766. The van der Waals surface area contributed by atoms with Crippen LogP contribution in [0.15, 0.2) is 79.0 Å². The summed E-state index contributed by atoms with van der Waals surface area (Å²) in [6.45, 7) is 15.0. The number of anilines is 1. The standard InChI is InChI=1S/C33H36FN3O.C2H6/c1-22-7-4-5-10-31(22)37(21-25-11-12-25)24(3)26-15-17-36(18-16-26)33(38)28-13-14-30(23(2)19-28)32(35)27-8-6-9-29(34)20-27;1-2/h4-10,13-14,19-20,25-26,35H,3,11-12,15-18,21H2,1-2H3;1-2H3. The molecule has 0 radical (unpaired) electrons. The number of hydrogen-bond acceptors (Lipinski definition) is 3. The molecule has 5 heteroatoms. The van der Waals surface area contributed by atoms with E-state index in [4.69, 9.17) is 5.41 Å². The van der Waals surface area contributed by atoms with Crippen LogP contribution in [0.25, 0.3) is 0 Å². The van der Waals surface area contributed by atoms with Crippen molar-refractivity contribution in [3.8, 4) is 0 Å². The fraction of sp³-hybridized carbons (Fsp3) is 0.371. The minimum atomic E-state index is -0.364. The van der Waals surface area contributed by atoms with Crippen LogP contribution in [0.5, 0.6) is 0 Å². The van der Waals surface area contributed by atoms with Crippen molar-refractivity contribution in [3.05, 3.63) is 113 Å². The first-order chi connectivity index (χ1) is 19.3. The molecule has 3 aromatic carbocycles. The molecular weight excluding hydrogens is 497 g/mol. The van der Waals surface area contributed by atoms with Crippen LogP contribution >= 0.6 is 0 Å². The average molecular weight is 540 g/mol. The Hall–Kier alpha value is -3.73. The Labute approximate surface area is 239 Å². The van der Waals surface area contributed by atoms with E-state index in [-0.39, 0.29) is 17.4 Å². The Kier molecular flexibility index (Phi) is 9.57. The molecule has 210 valence electrons. The van der Waals surface area contributed by atoms with Crippen molar-refractivity contribution < 1.29 is 9.18 Å². The summed E-state index contributed by atoms with van der Waals surface area (Å²) in [5.41, 5.74) is 6.64. The normalized spacial score (nSPS) is 15.2. The number of para-hydroxylation sites is 1. The molecule has 1 saturated heterocycles.